The van der Waals surface area contributed by atoms with Gasteiger partial charge in [-0.1, -0.05) is 30.3 Å². The maximum Gasteiger partial charge on any atom is 0.241 e. The zero-order chi connectivity index (χ0) is 19.4. The fourth-order valence-electron chi connectivity index (χ4n) is 2.71. The highest BCUT2D eigenvalue weighted by atomic mass is 32.2. The predicted octanol–water partition coefficient (Wildman–Crippen LogP) is 3.67. The Bertz CT molecular complexity index is 879. The summed E-state index contributed by atoms with van der Waals surface area (Å²) in [6.45, 7) is 5.09. The van der Waals surface area contributed by atoms with Crippen molar-refractivity contribution in [2.45, 2.75) is 42.5 Å². The largest absolute Gasteiger partial charge is 0.325 e. The van der Waals surface area contributed by atoms with Crippen LogP contribution in [0, 0.1) is 0 Å². The van der Waals surface area contributed by atoms with Gasteiger partial charge in [0.1, 0.15) is 0 Å². The van der Waals surface area contributed by atoms with E-state index in [1.54, 1.807) is 12.1 Å². The van der Waals surface area contributed by atoms with Crippen LogP contribution in [0.2, 0.25) is 0 Å². The molecule has 0 aliphatic rings. The number of hydrogen-bond donors (Lipinski definition) is 2. The average Bonchev–Trinajstić information content (AvgIpc) is 2.53. The monoisotopic (exact) mass is 392 g/mol. The number of rotatable bonds is 7. The molecular formula is C19H24N2O3S2. The van der Waals surface area contributed by atoms with Crippen LogP contribution >= 0.6 is 11.8 Å². The van der Waals surface area contributed by atoms with Crippen molar-refractivity contribution in [3.63, 3.8) is 0 Å². The third kappa shape index (κ3) is 5.59. The summed E-state index contributed by atoms with van der Waals surface area (Å²) in [5.74, 6) is -0.243. The van der Waals surface area contributed by atoms with Crippen LogP contribution in [0.1, 0.15) is 26.3 Å². The molecule has 0 fully saturated rings. The Morgan fingerprint density at radius 3 is 2.35 bits per heavy atom. The predicted molar refractivity (Wildman–Crippen MR) is 107 cm³/mol. The molecule has 1 amide bonds. The van der Waals surface area contributed by atoms with Crippen molar-refractivity contribution >= 4 is 33.4 Å². The molecule has 0 spiro atoms. The molecule has 0 atom stereocenters. The van der Waals surface area contributed by atoms with Crippen LogP contribution < -0.4 is 10.0 Å². The molecule has 0 bridgehead atoms. The zero-order valence-electron chi connectivity index (χ0n) is 15.4. The number of hydrogen-bond acceptors (Lipinski definition) is 4. The third-order valence-electron chi connectivity index (χ3n) is 3.69. The summed E-state index contributed by atoms with van der Waals surface area (Å²) in [5, 5.41) is 2.69. The molecule has 0 radical (unpaired) electrons. The highest BCUT2D eigenvalue weighted by Crippen LogP contribution is 2.29. The van der Waals surface area contributed by atoms with Crippen molar-refractivity contribution in [3.8, 4) is 0 Å². The van der Waals surface area contributed by atoms with E-state index in [0.29, 0.717) is 12.1 Å². The molecule has 2 rings (SSSR count). The van der Waals surface area contributed by atoms with Crippen LogP contribution in [0.25, 0.3) is 0 Å². The van der Waals surface area contributed by atoms with Gasteiger partial charge in [0.2, 0.25) is 15.9 Å². The van der Waals surface area contributed by atoms with Crippen molar-refractivity contribution in [3.05, 3.63) is 54.1 Å². The van der Waals surface area contributed by atoms with E-state index in [1.807, 2.05) is 50.4 Å². The SMILES string of the molecule is CSc1ccc(S(=O)(=O)NC(C)(C)Cc2ccccc2)cc1NC(C)=O. The van der Waals surface area contributed by atoms with Crippen LogP contribution in [-0.4, -0.2) is 26.1 Å². The first-order valence-electron chi connectivity index (χ1n) is 8.16. The second kappa shape index (κ2) is 8.24. The van der Waals surface area contributed by atoms with E-state index in [2.05, 4.69) is 10.0 Å². The zero-order valence-corrected chi connectivity index (χ0v) is 17.0. The van der Waals surface area contributed by atoms with Gasteiger partial charge in [0, 0.05) is 17.4 Å². The van der Waals surface area contributed by atoms with Crippen molar-refractivity contribution in [1.82, 2.24) is 4.72 Å². The molecule has 2 aromatic carbocycles. The standard InChI is InChI=1S/C19H24N2O3S2/c1-14(22)20-17-12-16(10-11-18(17)25-4)26(23,24)21-19(2,3)13-15-8-6-5-7-9-15/h5-12,21H,13H2,1-4H3,(H,20,22). The number of nitrogens with one attached hydrogen (secondary N) is 2. The van der Waals surface area contributed by atoms with Crippen LogP contribution in [-0.2, 0) is 21.2 Å². The van der Waals surface area contributed by atoms with Crippen molar-refractivity contribution in [2.24, 2.45) is 0 Å². The molecule has 5 nitrogen and oxygen atoms in total. The quantitative estimate of drug-likeness (QED) is 0.705. The van der Waals surface area contributed by atoms with E-state index in [4.69, 9.17) is 0 Å². The fraction of sp³-hybridized carbons (Fsp3) is 0.316. The Morgan fingerprint density at radius 2 is 1.77 bits per heavy atom. The Kier molecular flexibility index (Phi) is 6.49. The number of carbonyl (C=O) groups is 1. The minimum Gasteiger partial charge on any atom is -0.325 e. The molecule has 140 valence electrons. The van der Waals surface area contributed by atoms with Gasteiger partial charge in [-0.15, -0.1) is 11.8 Å². The summed E-state index contributed by atoms with van der Waals surface area (Å²) in [7, 11) is -3.73. The van der Waals surface area contributed by atoms with Crippen LogP contribution in [0.4, 0.5) is 5.69 Å². The van der Waals surface area contributed by atoms with Crippen molar-refractivity contribution in [2.75, 3.05) is 11.6 Å². The number of amides is 1. The maximum absolute atomic E-state index is 12.8. The van der Waals surface area contributed by atoms with E-state index in [-0.39, 0.29) is 10.8 Å². The van der Waals surface area contributed by atoms with Gasteiger partial charge >= 0.3 is 0 Å². The first kappa shape index (κ1) is 20.5. The highest BCUT2D eigenvalue weighted by Gasteiger charge is 2.27. The molecule has 0 aromatic heterocycles. The van der Waals surface area contributed by atoms with Gasteiger partial charge < -0.3 is 5.32 Å². The lowest BCUT2D eigenvalue weighted by Gasteiger charge is -2.26. The summed E-state index contributed by atoms with van der Waals surface area (Å²) < 4.78 is 28.5. The van der Waals surface area contributed by atoms with Gasteiger partial charge in [-0.3, -0.25) is 4.79 Å². The Balaban J connectivity index is 2.27. The van der Waals surface area contributed by atoms with Gasteiger partial charge in [0.25, 0.3) is 0 Å². The topological polar surface area (TPSA) is 75.3 Å². The van der Waals surface area contributed by atoms with E-state index >= 15 is 0 Å². The molecule has 7 heteroatoms. The molecular weight excluding hydrogens is 368 g/mol. The number of carbonyl (C=O) groups excluding carboxylic acids is 1. The normalized spacial score (nSPS) is 12.0. The van der Waals surface area contributed by atoms with Gasteiger partial charge in [-0.05, 0) is 50.3 Å². The molecule has 26 heavy (non-hydrogen) atoms. The maximum atomic E-state index is 12.8. The van der Waals surface area contributed by atoms with Crippen LogP contribution in [0.3, 0.4) is 0 Å². The molecule has 0 aliphatic heterocycles. The van der Waals surface area contributed by atoms with Gasteiger partial charge in [-0.25, -0.2) is 13.1 Å². The highest BCUT2D eigenvalue weighted by molar-refractivity contribution is 7.98. The first-order valence-corrected chi connectivity index (χ1v) is 10.9. The summed E-state index contributed by atoms with van der Waals surface area (Å²) in [6, 6.07) is 14.5. The molecule has 2 aromatic rings. The van der Waals surface area contributed by atoms with Gasteiger partial charge in [0.05, 0.1) is 10.6 Å². The first-order chi connectivity index (χ1) is 12.1. The van der Waals surface area contributed by atoms with E-state index < -0.39 is 15.6 Å². The van der Waals surface area contributed by atoms with Gasteiger partial charge in [-0.2, -0.15) is 0 Å². The Hall–Kier alpha value is -1.83. The summed E-state index contributed by atoms with van der Waals surface area (Å²) in [6.07, 6.45) is 2.44. The summed E-state index contributed by atoms with van der Waals surface area (Å²) in [5.41, 5.74) is 0.887. The fourth-order valence-corrected chi connectivity index (χ4v) is 4.68. The second-order valence-corrected chi connectivity index (χ2v) is 9.23. The Labute approximate surface area is 159 Å². The molecule has 0 saturated carbocycles. The minimum absolute atomic E-state index is 0.125. The minimum atomic E-state index is -3.73. The summed E-state index contributed by atoms with van der Waals surface area (Å²) in [4.78, 5) is 12.3. The van der Waals surface area contributed by atoms with E-state index in [0.717, 1.165) is 10.5 Å². The lowest BCUT2D eigenvalue weighted by Crippen LogP contribution is -2.45. The number of sulfonamides is 1. The number of benzene rings is 2. The van der Waals surface area contributed by atoms with Gasteiger partial charge in [0.15, 0.2) is 0 Å². The molecule has 2 N–H and O–H groups in total. The van der Waals surface area contributed by atoms with Crippen LogP contribution in [0.5, 0.6) is 0 Å². The molecule has 0 saturated heterocycles. The molecule has 0 heterocycles. The number of thioether (sulfide) groups is 1. The Morgan fingerprint density at radius 1 is 1.12 bits per heavy atom. The van der Waals surface area contributed by atoms with Crippen molar-refractivity contribution in [1.29, 1.82) is 0 Å². The van der Waals surface area contributed by atoms with E-state index in [1.165, 1.54) is 24.8 Å². The summed E-state index contributed by atoms with van der Waals surface area (Å²) >= 11 is 1.44. The van der Waals surface area contributed by atoms with E-state index in [9.17, 15) is 13.2 Å². The third-order valence-corrected chi connectivity index (χ3v) is 6.18. The average molecular weight is 393 g/mol. The lowest BCUT2D eigenvalue weighted by molar-refractivity contribution is -0.114. The lowest BCUT2D eigenvalue weighted by atomic mass is 9.96. The van der Waals surface area contributed by atoms with Crippen molar-refractivity contribution < 1.29 is 13.2 Å². The smallest absolute Gasteiger partial charge is 0.241 e. The van der Waals surface area contributed by atoms with Crippen LogP contribution in [0.15, 0.2) is 58.3 Å². The molecule has 0 aliphatic carbocycles. The molecule has 0 unspecified atom stereocenters. The number of anilines is 1. The second-order valence-electron chi connectivity index (χ2n) is 6.70.